The molecule has 1 aromatic heterocycles. The molecule has 1 unspecified atom stereocenters. The molecule has 0 bridgehead atoms. The molecule has 1 heterocycles. The number of alkyl halides is 3. The Morgan fingerprint density at radius 1 is 1.10 bits per heavy atom. The Kier molecular flexibility index (Phi) is 4.30. The predicted molar refractivity (Wildman–Crippen MR) is 71.6 cm³/mol. The number of pyridine rings is 1. The van der Waals surface area contributed by atoms with E-state index in [-0.39, 0.29) is 6.04 Å². The molecule has 1 N–H and O–H groups in total. The van der Waals surface area contributed by atoms with Crippen LogP contribution in [-0.4, -0.2) is 12.0 Å². The van der Waals surface area contributed by atoms with Gasteiger partial charge in [0.25, 0.3) is 0 Å². The first-order valence-corrected chi connectivity index (χ1v) is 6.25. The molecule has 0 fully saturated rings. The number of nitrogens with zero attached hydrogens (tertiary/aromatic N) is 1. The van der Waals surface area contributed by atoms with Gasteiger partial charge in [0.15, 0.2) is 0 Å². The Morgan fingerprint density at radius 2 is 1.75 bits per heavy atom. The van der Waals surface area contributed by atoms with Gasteiger partial charge in [0.05, 0.1) is 17.3 Å². The second-order valence-electron chi connectivity index (χ2n) is 4.24. The van der Waals surface area contributed by atoms with Crippen LogP contribution in [0.1, 0.15) is 22.9 Å². The molecule has 6 heteroatoms. The maximum Gasteiger partial charge on any atom is 0.417 e. The molecule has 0 aliphatic rings. The van der Waals surface area contributed by atoms with Gasteiger partial charge in [-0.3, -0.25) is 4.98 Å². The highest BCUT2D eigenvalue weighted by Gasteiger charge is 2.31. The summed E-state index contributed by atoms with van der Waals surface area (Å²) in [5.41, 5.74) is 0.638. The topological polar surface area (TPSA) is 24.9 Å². The van der Waals surface area contributed by atoms with Gasteiger partial charge in [0, 0.05) is 11.2 Å². The van der Waals surface area contributed by atoms with Gasteiger partial charge in [-0.2, -0.15) is 13.2 Å². The van der Waals surface area contributed by atoms with Gasteiger partial charge < -0.3 is 5.32 Å². The third kappa shape index (κ3) is 3.29. The van der Waals surface area contributed by atoms with Crippen LogP contribution < -0.4 is 5.32 Å². The number of aromatic nitrogens is 1. The van der Waals surface area contributed by atoms with E-state index in [2.05, 4.69) is 10.3 Å². The molecule has 2 aromatic rings. The Hall–Kier alpha value is -1.59. The first-order chi connectivity index (χ1) is 9.41. The number of benzene rings is 1. The Bertz CT molecular complexity index is 564. The zero-order chi connectivity index (χ0) is 14.8. The lowest BCUT2D eigenvalue weighted by atomic mass is 10.0. The lowest BCUT2D eigenvalue weighted by molar-refractivity contribution is -0.137. The summed E-state index contributed by atoms with van der Waals surface area (Å²) in [5, 5.41) is 3.63. The van der Waals surface area contributed by atoms with Crippen LogP contribution in [0.25, 0.3) is 0 Å². The fraction of sp³-hybridized carbons (Fsp3) is 0.214. The molecule has 1 atom stereocenters. The summed E-state index contributed by atoms with van der Waals surface area (Å²) in [6.45, 7) is 0. The average molecular weight is 301 g/mol. The molecule has 0 spiro atoms. The maximum absolute atomic E-state index is 12.5. The summed E-state index contributed by atoms with van der Waals surface area (Å²) in [5.74, 6) is 0. The quantitative estimate of drug-likeness (QED) is 0.924. The first kappa shape index (κ1) is 14.8. The van der Waals surface area contributed by atoms with Crippen molar-refractivity contribution in [2.24, 2.45) is 0 Å². The molecule has 0 aliphatic carbocycles. The third-order valence-corrected chi connectivity index (χ3v) is 3.15. The molecule has 0 saturated carbocycles. The molecule has 106 valence electrons. The summed E-state index contributed by atoms with van der Waals surface area (Å²) in [7, 11) is 1.72. The lowest BCUT2D eigenvalue weighted by Crippen LogP contribution is -2.19. The van der Waals surface area contributed by atoms with Gasteiger partial charge in [-0.25, -0.2) is 0 Å². The zero-order valence-corrected chi connectivity index (χ0v) is 11.3. The van der Waals surface area contributed by atoms with Crippen LogP contribution in [0.2, 0.25) is 5.02 Å². The van der Waals surface area contributed by atoms with E-state index < -0.39 is 11.7 Å². The van der Waals surface area contributed by atoms with Crippen LogP contribution in [0.5, 0.6) is 0 Å². The van der Waals surface area contributed by atoms with Gasteiger partial charge in [0.2, 0.25) is 0 Å². The van der Waals surface area contributed by atoms with Crippen molar-refractivity contribution in [3.05, 3.63) is 64.4 Å². The second kappa shape index (κ2) is 5.81. The maximum atomic E-state index is 12.5. The minimum absolute atomic E-state index is 0.283. The molecule has 0 radical (unpaired) electrons. The number of hydrogen-bond acceptors (Lipinski definition) is 2. The van der Waals surface area contributed by atoms with E-state index in [1.165, 1.54) is 6.07 Å². The van der Waals surface area contributed by atoms with E-state index >= 15 is 0 Å². The summed E-state index contributed by atoms with van der Waals surface area (Å²) >= 11 is 5.82. The molecular formula is C14H12ClF3N2. The molecular weight excluding hydrogens is 289 g/mol. The summed E-state index contributed by atoms with van der Waals surface area (Å²) in [6.07, 6.45) is -3.53. The van der Waals surface area contributed by atoms with Crippen molar-refractivity contribution in [2.45, 2.75) is 12.2 Å². The number of rotatable bonds is 3. The van der Waals surface area contributed by atoms with Crippen molar-refractivity contribution in [1.29, 1.82) is 0 Å². The molecule has 2 rings (SSSR count). The van der Waals surface area contributed by atoms with Crippen LogP contribution in [0.4, 0.5) is 13.2 Å². The highest BCUT2D eigenvalue weighted by molar-refractivity contribution is 6.30. The van der Waals surface area contributed by atoms with Crippen molar-refractivity contribution < 1.29 is 13.2 Å². The number of halogens is 4. The van der Waals surface area contributed by atoms with Gasteiger partial charge >= 0.3 is 6.18 Å². The van der Waals surface area contributed by atoms with Gasteiger partial charge in [-0.05, 0) is 36.9 Å². The summed E-state index contributed by atoms with van der Waals surface area (Å²) < 4.78 is 37.5. The standard InChI is InChI=1S/C14H12ClF3N2/c1-19-13(9-2-5-11(15)6-3-9)12-7-4-10(8-20-12)14(16,17)18/h2-8,13,19H,1H3. The van der Waals surface area contributed by atoms with E-state index in [4.69, 9.17) is 11.6 Å². The molecule has 0 saturated heterocycles. The molecule has 20 heavy (non-hydrogen) atoms. The number of nitrogens with one attached hydrogen (secondary N) is 1. The van der Waals surface area contributed by atoms with Gasteiger partial charge in [-0.1, -0.05) is 23.7 Å². The van der Waals surface area contributed by atoms with Crippen LogP contribution in [-0.2, 0) is 6.18 Å². The molecule has 1 aromatic carbocycles. The Morgan fingerprint density at radius 3 is 2.20 bits per heavy atom. The highest BCUT2D eigenvalue weighted by atomic mass is 35.5. The van der Waals surface area contributed by atoms with Crippen LogP contribution in [0, 0.1) is 0 Å². The Balaban J connectivity index is 2.30. The molecule has 2 nitrogen and oxygen atoms in total. The number of hydrogen-bond donors (Lipinski definition) is 1. The van der Waals surface area contributed by atoms with Crippen molar-refractivity contribution >= 4 is 11.6 Å². The first-order valence-electron chi connectivity index (χ1n) is 5.87. The van der Waals surface area contributed by atoms with Crippen molar-refractivity contribution in [3.63, 3.8) is 0 Å². The van der Waals surface area contributed by atoms with E-state index in [9.17, 15) is 13.2 Å². The normalized spacial score (nSPS) is 13.2. The minimum Gasteiger partial charge on any atom is -0.308 e. The fourth-order valence-corrected chi connectivity index (χ4v) is 2.01. The fourth-order valence-electron chi connectivity index (χ4n) is 1.88. The monoisotopic (exact) mass is 300 g/mol. The molecule has 0 aliphatic heterocycles. The zero-order valence-electron chi connectivity index (χ0n) is 10.6. The van der Waals surface area contributed by atoms with Crippen molar-refractivity contribution in [1.82, 2.24) is 10.3 Å². The minimum atomic E-state index is -4.37. The molecule has 0 amide bonds. The van der Waals surface area contributed by atoms with E-state index in [1.807, 2.05) is 12.1 Å². The highest BCUT2D eigenvalue weighted by Crippen LogP contribution is 2.29. The van der Waals surface area contributed by atoms with E-state index in [1.54, 1.807) is 19.2 Å². The SMILES string of the molecule is CNC(c1ccc(Cl)cc1)c1ccc(C(F)(F)F)cn1. The van der Waals surface area contributed by atoms with Crippen molar-refractivity contribution in [3.8, 4) is 0 Å². The smallest absolute Gasteiger partial charge is 0.308 e. The van der Waals surface area contributed by atoms with Gasteiger partial charge in [-0.15, -0.1) is 0 Å². The van der Waals surface area contributed by atoms with Gasteiger partial charge in [0.1, 0.15) is 0 Å². The van der Waals surface area contributed by atoms with E-state index in [0.29, 0.717) is 10.7 Å². The van der Waals surface area contributed by atoms with Crippen LogP contribution in [0.3, 0.4) is 0 Å². The third-order valence-electron chi connectivity index (χ3n) is 2.90. The lowest BCUT2D eigenvalue weighted by Gasteiger charge is -2.17. The summed E-state index contributed by atoms with van der Waals surface area (Å²) in [4.78, 5) is 3.90. The van der Waals surface area contributed by atoms with Crippen LogP contribution >= 0.6 is 11.6 Å². The predicted octanol–water partition coefficient (Wildman–Crippen LogP) is 4.06. The second-order valence-corrected chi connectivity index (χ2v) is 4.68. The summed E-state index contributed by atoms with van der Waals surface area (Å²) in [6, 6.07) is 9.19. The Labute approximate surface area is 119 Å². The van der Waals surface area contributed by atoms with Crippen molar-refractivity contribution in [2.75, 3.05) is 7.05 Å². The van der Waals surface area contributed by atoms with Crippen LogP contribution in [0.15, 0.2) is 42.6 Å². The largest absolute Gasteiger partial charge is 0.417 e. The van der Waals surface area contributed by atoms with E-state index in [0.717, 1.165) is 17.8 Å². The average Bonchev–Trinajstić information content (AvgIpc) is 2.41.